The molecular formula is C21H22N2O3S. The maximum Gasteiger partial charge on any atom is 0.328 e. The van der Waals surface area contributed by atoms with E-state index in [0.29, 0.717) is 6.42 Å². The van der Waals surface area contributed by atoms with Crippen molar-refractivity contribution < 1.29 is 14.3 Å². The van der Waals surface area contributed by atoms with Crippen molar-refractivity contribution in [3.63, 3.8) is 0 Å². The molecule has 140 valence electrons. The van der Waals surface area contributed by atoms with Gasteiger partial charge in [-0.05, 0) is 30.7 Å². The van der Waals surface area contributed by atoms with Crippen LogP contribution in [-0.4, -0.2) is 35.8 Å². The number of H-pyrrole nitrogens is 1. The summed E-state index contributed by atoms with van der Waals surface area (Å²) in [5.41, 5.74) is 3.14. The minimum atomic E-state index is -0.722. The Labute approximate surface area is 162 Å². The number of aromatic amines is 1. The zero-order chi connectivity index (χ0) is 19.2. The molecule has 5 nitrogen and oxygen atoms in total. The minimum Gasteiger partial charge on any atom is -0.467 e. The van der Waals surface area contributed by atoms with Crippen LogP contribution < -0.4 is 5.32 Å². The van der Waals surface area contributed by atoms with E-state index in [-0.39, 0.29) is 11.7 Å². The lowest BCUT2D eigenvalue weighted by molar-refractivity contribution is -0.144. The molecule has 0 aliphatic rings. The van der Waals surface area contributed by atoms with Gasteiger partial charge in [-0.15, -0.1) is 11.8 Å². The summed E-state index contributed by atoms with van der Waals surface area (Å²) in [5, 5.41) is 3.84. The van der Waals surface area contributed by atoms with Crippen molar-refractivity contribution in [3.05, 3.63) is 65.9 Å². The molecule has 0 radical (unpaired) electrons. The fraction of sp³-hybridized carbons (Fsp3) is 0.238. The van der Waals surface area contributed by atoms with Gasteiger partial charge >= 0.3 is 5.97 Å². The molecule has 3 aromatic rings. The predicted octanol–water partition coefficient (Wildman–Crippen LogP) is 3.47. The van der Waals surface area contributed by atoms with E-state index in [1.54, 1.807) is 0 Å². The van der Waals surface area contributed by atoms with Crippen molar-refractivity contribution in [2.75, 3.05) is 12.9 Å². The zero-order valence-electron chi connectivity index (χ0n) is 15.3. The first-order chi connectivity index (χ1) is 13.1. The third-order valence-corrected chi connectivity index (χ3v) is 5.32. The Balaban J connectivity index is 1.65. The third-order valence-electron chi connectivity index (χ3n) is 4.31. The minimum absolute atomic E-state index is 0.198. The third kappa shape index (κ3) is 4.92. The number of benzene rings is 2. The number of ether oxygens (including phenoxy) is 1. The summed E-state index contributed by atoms with van der Waals surface area (Å²) >= 11 is 1.44. The maximum absolute atomic E-state index is 12.4. The number of thioether (sulfide) groups is 1. The molecule has 2 aromatic carbocycles. The van der Waals surface area contributed by atoms with Crippen molar-refractivity contribution in [1.82, 2.24) is 10.3 Å². The van der Waals surface area contributed by atoms with Gasteiger partial charge in [0, 0.05) is 28.4 Å². The molecule has 0 fully saturated rings. The molecule has 27 heavy (non-hydrogen) atoms. The Morgan fingerprint density at radius 3 is 2.63 bits per heavy atom. The first-order valence-corrected chi connectivity index (χ1v) is 9.67. The van der Waals surface area contributed by atoms with Gasteiger partial charge in [-0.1, -0.05) is 35.9 Å². The molecule has 0 saturated carbocycles. The largest absolute Gasteiger partial charge is 0.467 e. The van der Waals surface area contributed by atoms with Gasteiger partial charge in [0.25, 0.3) is 0 Å². The van der Waals surface area contributed by atoms with Gasteiger partial charge in [-0.3, -0.25) is 4.79 Å². The van der Waals surface area contributed by atoms with E-state index in [1.807, 2.05) is 61.7 Å². The van der Waals surface area contributed by atoms with Crippen LogP contribution in [0.1, 0.15) is 11.1 Å². The SMILES string of the molecule is COC(=O)[C@@H](Cc1c[nH]c2ccccc12)NC(=O)CSc1ccc(C)cc1. The number of esters is 1. The number of amides is 1. The van der Waals surface area contributed by atoms with Crippen LogP contribution in [0.5, 0.6) is 0 Å². The average Bonchev–Trinajstić information content (AvgIpc) is 3.09. The van der Waals surface area contributed by atoms with Crippen LogP contribution in [-0.2, 0) is 20.7 Å². The highest BCUT2D eigenvalue weighted by molar-refractivity contribution is 8.00. The molecule has 1 aromatic heterocycles. The maximum atomic E-state index is 12.4. The van der Waals surface area contributed by atoms with E-state index in [0.717, 1.165) is 21.4 Å². The van der Waals surface area contributed by atoms with Gasteiger partial charge in [-0.25, -0.2) is 4.79 Å². The Hall–Kier alpha value is -2.73. The van der Waals surface area contributed by atoms with E-state index >= 15 is 0 Å². The van der Waals surface area contributed by atoms with Crippen LogP contribution in [0.2, 0.25) is 0 Å². The Morgan fingerprint density at radius 1 is 1.15 bits per heavy atom. The molecule has 0 bridgehead atoms. The number of methoxy groups -OCH3 is 1. The summed E-state index contributed by atoms with van der Waals surface area (Å²) in [6.07, 6.45) is 2.24. The second-order valence-electron chi connectivity index (χ2n) is 6.31. The smallest absolute Gasteiger partial charge is 0.328 e. The molecule has 1 amide bonds. The number of rotatable bonds is 7. The van der Waals surface area contributed by atoms with Crippen molar-refractivity contribution in [1.29, 1.82) is 0 Å². The normalized spacial score (nSPS) is 11.9. The van der Waals surface area contributed by atoms with Crippen LogP contribution in [0.25, 0.3) is 10.9 Å². The van der Waals surface area contributed by atoms with Crippen LogP contribution in [0.4, 0.5) is 0 Å². The highest BCUT2D eigenvalue weighted by Gasteiger charge is 2.23. The second kappa shape index (κ2) is 8.77. The first-order valence-electron chi connectivity index (χ1n) is 8.68. The standard InChI is InChI=1S/C21H22N2O3S/c1-14-7-9-16(10-8-14)27-13-20(24)23-19(21(25)26-2)11-15-12-22-18-6-4-3-5-17(15)18/h3-10,12,19,22H,11,13H2,1-2H3,(H,23,24)/t19-/m1/s1. The zero-order valence-corrected chi connectivity index (χ0v) is 16.1. The van der Waals surface area contributed by atoms with Crippen molar-refractivity contribution >= 4 is 34.5 Å². The molecule has 2 N–H and O–H groups in total. The van der Waals surface area contributed by atoms with E-state index in [4.69, 9.17) is 4.74 Å². The molecule has 0 aliphatic carbocycles. The number of carbonyl (C=O) groups excluding carboxylic acids is 2. The molecule has 0 aliphatic heterocycles. The lowest BCUT2D eigenvalue weighted by atomic mass is 10.0. The topological polar surface area (TPSA) is 71.2 Å². The first kappa shape index (κ1) is 19.0. The fourth-order valence-electron chi connectivity index (χ4n) is 2.88. The summed E-state index contributed by atoms with van der Waals surface area (Å²) in [4.78, 5) is 28.7. The number of fused-ring (bicyclic) bond motifs is 1. The van der Waals surface area contributed by atoms with Gasteiger partial charge in [0.05, 0.1) is 12.9 Å². The monoisotopic (exact) mass is 382 g/mol. The van der Waals surface area contributed by atoms with Crippen LogP contribution in [0.3, 0.4) is 0 Å². The van der Waals surface area contributed by atoms with E-state index in [2.05, 4.69) is 10.3 Å². The van der Waals surface area contributed by atoms with Crippen LogP contribution >= 0.6 is 11.8 Å². The highest BCUT2D eigenvalue weighted by atomic mass is 32.2. The Bertz CT molecular complexity index is 934. The molecule has 0 saturated heterocycles. The van der Waals surface area contributed by atoms with Crippen molar-refractivity contribution in [3.8, 4) is 0 Å². The van der Waals surface area contributed by atoms with Crippen LogP contribution in [0, 0.1) is 6.92 Å². The van der Waals surface area contributed by atoms with E-state index < -0.39 is 12.0 Å². The highest BCUT2D eigenvalue weighted by Crippen LogP contribution is 2.20. The molecule has 0 spiro atoms. The number of hydrogen-bond acceptors (Lipinski definition) is 4. The molecule has 1 atom stereocenters. The van der Waals surface area contributed by atoms with Gasteiger partial charge in [0.2, 0.25) is 5.91 Å². The van der Waals surface area contributed by atoms with Crippen LogP contribution in [0.15, 0.2) is 59.6 Å². The fourth-order valence-corrected chi connectivity index (χ4v) is 3.58. The van der Waals surface area contributed by atoms with Gasteiger partial charge in [0.1, 0.15) is 6.04 Å². The summed E-state index contributed by atoms with van der Waals surface area (Å²) < 4.78 is 4.88. The van der Waals surface area contributed by atoms with E-state index in [9.17, 15) is 9.59 Å². The van der Waals surface area contributed by atoms with Gasteiger partial charge < -0.3 is 15.0 Å². The molecule has 0 unspecified atom stereocenters. The number of aromatic nitrogens is 1. The average molecular weight is 382 g/mol. The number of hydrogen-bond donors (Lipinski definition) is 2. The number of nitrogens with one attached hydrogen (secondary N) is 2. The van der Waals surface area contributed by atoms with Gasteiger partial charge in [0.15, 0.2) is 0 Å². The number of para-hydroxylation sites is 1. The van der Waals surface area contributed by atoms with Crippen molar-refractivity contribution in [2.45, 2.75) is 24.3 Å². The summed E-state index contributed by atoms with van der Waals surface area (Å²) in [6.45, 7) is 2.02. The predicted molar refractivity (Wildman–Crippen MR) is 108 cm³/mol. The summed E-state index contributed by atoms with van der Waals surface area (Å²) in [6, 6.07) is 15.1. The molecule has 6 heteroatoms. The lowest BCUT2D eigenvalue weighted by Crippen LogP contribution is -2.43. The van der Waals surface area contributed by atoms with Gasteiger partial charge in [-0.2, -0.15) is 0 Å². The Morgan fingerprint density at radius 2 is 1.89 bits per heavy atom. The Kier molecular flexibility index (Phi) is 6.19. The van der Waals surface area contributed by atoms with Crippen molar-refractivity contribution in [2.24, 2.45) is 0 Å². The molecular weight excluding hydrogens is 360 g/mol. The molecule has 3 rings (SSSR count). The number of carbonyl (C=O) groups is 2. The quantitative estimate of drug-likeness (QED) is 0.485. The summed E-state index contributed by atoms with van der Waals surface area (Å²) in [7, 11) is 1.33. The second-order valence-corrected chi connectivity index (χ2v) is 7.36. The lowest BCUT2D eigenvalue weighted by Gasteiger charge is -2.16. The summed E-state index contributed by atoms with van der Waals surface area (Å²) in [5.74, 6) is -0.408. The van der Waals surface area contributed by atoms with E-state index in [1.165, 1.54) is 24.4 Å². The number of aryl methyl sites for hydroxylation is 1. The molecule has 1 heterocycles.